The van der Waals surface area contributed by atoms with E-state index >= 15 is 0 Å². The Labute approximate surface area is 129 Å². The average molecular weight is 346 g/mol. The number of rotatable bonds is 3. The zero-order chi connectivity index (χ0) is 14.8. The van der Waals surface area contributed by atoms with Crippen LogP contribution in [0.5, 0.6) is 5.75 Å². The summed E-state index contributed by atoms with van der Waals surface area (Å²) in [6.45, 7) is 0. The number of nitrogens with zero attached hydrogens (tertiary/aromatic N) is 1. The molecule has 5 nitrogen and oxygen atoms in total. The molecule has 0 saturated carbocycles. The molecule has 0 fully saturated rings. The Morgan fingerprint density at radius 2 is 2.19 bits per heavy atom. The first kappa shape index (κ1) is 13.6. The molecule has 6 heteroatoms. The second kappa shape index (κ2) is 5.57. The molecule has 0 aliphatic carbocycles. The molecule has 1 aromatic heterocycles. The first-order valence-corrected chi connectivity index (χ1v) is 7.05. The molecule has 0 aliphatic heterocycles. The number of H-pyrrole nitrogens is 1. The molecule has 0 atom stereocenters. The Hall–Kier alpha value is -2.34. The molecule has 3 aromatic rings. The minimum Gasteiger partial charge on any atom is -0.497 e. The summed E-state index contributed by atoms with van der Waals surface area (Å²) in [5.74, 6) is 0.408. The summed E-state index contributed by atoms with van der Waals surface area (Å²) >= 11 is 3.38. The van der Waals surface area contributed by atoms with Gasteiger partial charge in [-0.05, 0) is 40.2 Å². The fourth-order valence-electron chi connectivity index (χ4n) is 2.07. The molecular weight excluding hydrogens is 334 g/mol. The number of carbonyl (C=O) groups is 1. The molecule has 1 amide bonds. The van der Waals surface area contributed by atoms with Crippen LogP contribution in [-0.4, -0.2) is 23.2 Å². The van der Waals surface area contributed by atoms with E-state index in [2.05, 4.69) is 31.4 Å². The van der Waals surface area contributed by atoms with Gasteiger partial charge in [0.15, 0.2) is 0 Å². The number of carbonyl (C=O) groups excluding carboxylic acids is 1. The van der Waals surface area contributed by atoms with Gasteiger partial charge in [0, 0.05) is 9.86 Å². The van der Waals surface area contributed by atoms with Crippen molar-refractivity contribution in [3.8, 4) is 5.75 Å². The van der Waals surface area contributed by atoms with Crippen molar-refractivity contribution in [3.63, 3.8) is 0 Å². The van der Waals surface area contributed by atoms with Crippen molar-refractivity contribution in [2.75, 3.05) is 12.4 Å². The third kappa shape index (κ3) is 2.62. The number of benzene rings is 2. The van der Waals surface area contributed by atoms with Crippen LogP contribution in [0.1, 0.15) is 10.4 Å². The SMILES string of the molecule is COc1ccc(Br)c(C(=O)Nc2cccc3cn[nH]c23)c1. The van der Waals surface area contributed by atoms with Crippen molar-refractivity contribution in [1.29, 1.82) is 0 Å². The first-order chi connectivity index (χ1) is 10.2. The number of fused-ring (bicyclic) bond motifs is 1. The molecule has 106 valence electrons. The number of aromatic amines is 1. The Balaban J connectivity index is 1.95. The normalized spacial score (nSPS) is 10.6. The number of halogens is 1. The van der Waals surface area contributed by atoms with Crippen LogP contribution in [0.2, 0.25) is 0 Å². The summed E-state index contributed by atoms with van der Waals surface area (Å²) in [6.07, 6.45) is 1.71. The molecule has 0 bridgehead atoms. The second-order valence-corrected chi connectivity index (χ2v) is 5.29. The van der Waals surface area contributed by atoms with Crippen molar-refractivity contribution in [3.05, 3.63) is 52.6 Å². The van der Waals surface area contributed by atoms with Crippen LogP contribution >= 0.6 is 15.9 Å². The van der Waals surface area contributed by atoms with E-state index in [1.54, 1.807) is 31.5 Å². The van der Waals surface area contributed by atoms with E-state index in [4.69, 9.17) is 4.74 Å². The highest BCUT2D eigenvalue weighted by Crippen LogP contribution is 2.25. The molecule has 0 unspecified atom stereocenters. The molecule has 0 aliphatic rings. The number of methoxy groups -OCH3 is 1. The lowest BCUT2D eigenvalue weighted by molar-refractivity contribution is 0.102. The van der Waals surface area contributed by atoms with Crippen molar-refractivity contribution < 1.29 is 9.53 Å². The lowest BCUT2D eigenvalue weighted by Crippen LogP contribution is -2.13. The van der Waals surface area contributed by atoms with E-state index in [0.29, 0.717) is 21.5 Å². The van der Waals surface area contributed by atoms with Gasteiger partial charge >= 0.3 is 0 Å². The predicted molar refractivity (Wildman–Crippen MR) is 84.7 cm³/mol. The lowest BCUT2D eigenvalue weighted by atomic mass is 10.2. The number of ether oxygens (including phenoxy) is 1. The van der Waals surface area contributed by atoms with E-state index < -0.39 is 0 Å². The minimum atomic E-state index is -0.220. The van der Waals surface area contributed by atoms with Gasteiger partial charge in [0.2, 0.25) is 0 Å². The number of nitrogens with one attached hydrogen (secondary N) is 2. The zero-order valence-electron chi connectivity index (χ0n) is 11.2. The monoisotopic (exact) mass is 345 g/mol. The van der Waals surface area contributed by atoms with Crippen LogP contribution in [0.4, 0.5) is 5.69 Å². The first-order valence-electron chi connectivity index (χ1n) is 6.26. The van der Waals surface area contributed by atoms with Crippen LogP contribution in [0.15, 0.2) is 47.1 Å². The van der Waals surface area contributed by atoms with Crippen LogP contribution in [0, 0.1) is 0 Å². The van der Waals surface area contributed by atoms with E-state index in [0.717, 1.165) is 10.9 Å². The molecule has 2 N–H and O–H groups in total. The Morgan fingerprint density at radius 1 is 1.33 bits per heavy atom. The maximum Gasteiger partial charge on any atom is 0.257 e. The smallest absolute Gasteiger partial charge is 0.257 e. The van der Waals surface area contributed by atoms with Crippen molar-refractivity contribution in [2.24, 2.45) is 0 Å². The number of para-hydroxylation sites is 1. The topological polar surface area (TPSA) is 67.0 Å². The number of hydrogen-bond acceptors (Lipinski definition) is 3. The maximum absolute atomic E-state index is 12.4. The molecule has 0 spiro atoms. The van der Waals surface area contributed by atoms with Gasteiger partial charge in [-0.25, -0.2) is 0 Å². The van der Waals surface area contributed by atoms with Crippen LogP contribution < -0.4 is 10.1 Å². The molecule has 3 rings (SSSR count). The van der Waals surface area contributed by atoms with E-state index in [1.807, 2.05) is 18.2 Å². The summed E-state index contributed by atoms with van der Waals surface area (Å²) in [4.78, 5) is 12.4. The number of aromatic nitrogens is 2. The summed E-state index contributed by atoms with van der Waals surface area (Å²) < 4.78 is 5.86. The second-order valence-electron chi connectivity index (χ2n) is 4.44. The standard InChI is InChI=1S/C15H12BrN3O2/c1-21-10-5-6-12(16)11(7-10)15(20)18-13-4-2-3-9-8-17-19-14(9)13/h2-8H,1H3,(H,17,19)(H,18,20). The summed E-state index contributed by atoms with van der Waals surface area (Å²) in [5.41, 5.74) is 1.99. The molecule has 21 heavy (non-hydrogen) atoms. The van der Waals surface area contributed by atoms with Gasteiger partial charge in [-0.1, -0.05) is 12.1 Å². The van der Waals surface area contributed by atoms with Crippen molar-refractivity contribution in [2.45, 2.75) is 0 Å². The summed E-state index contributed by atoms with van der Waals surface area (Å²) in [7, 11) is 1.57. The summed E-state index contributed by atoms with van der Waals surface area (Å²) in [5, 5.41) is 10.7. The van der Waals surface area contributed by atoms with Crippen molar-refractivity contribution in [1.82, 2.24) is 10.2 Å². The third-order valence-electron chi connectivity index (χ3n) is 3.14. The van der Waals surface area contributed by atoms with Gasteiger partial charge in [-0.2, -0.15) is 5.10 Å². The fourth-order valence-corrected chi connectivity index (χ4v) is 2.49. The Morgan fingerprint density at radius 3 is 3.00 bits per heavy atom. The molecule has 0 saturated heterocycles. The van der Waals surface area contributed by atoms with Gasteiger partial charge in [0.25, 0.3) is 5.91 Å². The zero-order valence-corrected chi connectivity index (χ0v) is 12.8. The van der Waals surface area contributed by atoms with Crippen LogP contribution in [0.3, 0.4) is 0 Å². The number of amides is 1. The van der Waals surface area contributed by atoms with Gasteiger partial charge in [0.05, 0.1) is 30.1 Å². The van der Waals surface area contributed by atoms with Gasteiger partial charge in [-0.3, -0.25) is 9.89 Å². The predicted octanol–water partition coefficient (Wildman–Crippen LogP) is 3.59. The third-order valence-corrected chi connectivity index (χ3v) is 3.83. The maximum atomic E-state index is 12.4. The van der Waals surface area contributed by atoms with Crippen molar-refractivity contribution >= 4 is 38.4 Å². The molecule has 1 heterocycles. The fraction of sp³-hybridized carbons (Fsp3) is 0.0667. The minimum absolute atomic E-state index is 0.220. The number of anilines is 1. The summed E-state index contributed by atoms with van der Waals surface area (Å²) in [6, 6.07) is 10.9. The molecular formula is C15H12BrN3O2. The van der Waals surface area contributed by atoms with Gasteiger partial charge < -0.3 is 10.1 Å². The lowest BCUT2D eigenvalue weighted by Gasteiger charge is -2.09. The van der Waals surface area contributed by atoms with Crippen LogP contribution in [-0.2, 0) is 0 Å². The van der Waals surface area contributed by atoms with Gasteiger partial charge in [-0.15, -0.1) is 0 Å². The van der Waals surface area contributed by atoms with Gasteiger partial charge in [0.1, 0.15) is 5.75 Å². The largest absolute Gasteiger partial charge is 0.497 e. The number of hydrogen-bond donors (Lipinski definition) is 2. The Kier molecular flexibility index (Phi) is 3.62. The van der Waals surface area contributed by atoms with E-state index in [9.17, 15) is 4.79 Å². The highest BCUT2D eigenvalue weighted by atomic mass is 79.9. The molecule has 2 aromatic carbocycles. The highest BCUT2D eigenvalue weighted by molar-refractivity contribution is 9.10. The van der Waals surface area contributed by atoms with E-state index in [-0.39, 0.29) is 5.91 Å². The molecule has 0 radical (unpaired) electrons. The van der Waals surface area contributed by atoms with E-state index in [1.165, 1.54) is 0 Å². The average Bonchev–Trinajstić information content (AvgIpc) is 2.97. The van der Waals surface area contributed by atoms with Crippen LogP contribution in [0.25, 0.3) is 10.9 Å². The highest BCUT2D eigenvalue weighted by Gasteiger charge is 2.13. The quantitative estimate of drug-likeness (QED) is 0.762. The Bertz CT molecular complexity index is 814.